The Labute approximate surface area is 578 Å². The van der Waals surface area contributed by atoms with E-state index in [2.05, 4.69) is 133 Å². The van der Waals surface area contributed by atoms with Crippen molar-refractivity contribution >= 4 is 67.3 Å². The molecule has 1 amide bonds. The van der Waals surface area contributed by atoms with Crippen molar-refractivity contribution < 1.29 is 29.0 Å². The van der Waals surface area contributed by atoms with Crippen molar-refractivity contribution in [2.24, 2.45) is 9.98 Å². The van der Waals surface area contributed by atoms with Crippen LogP contribution >= 0.6 is 15.9 Å². The third-order valence-corrected chi connectivity index (χ3v) is 17.6. The molecule has 21 heteroatoms. The van der Waals surface area contributed by atoms with Crippen LogP contribution in [-0.4, -0.2) is 121 Å². The molecule has 9 aromatic heterocycles. The van der Waals surface area contributed by atoms with Gasteiger partial charge < -0.3 is 19.5 Å². The van der Waals surface area contributed by atoms with Gasteiger partial charge in [-0.05, 0) is 128 Å². The van der Waals surface area contributed by atoms with E-state index in [9.17, 15) is 14.4 Å². The number of rotatable bonds is 12. The topological polar surface area (TPSA) is 265 Å². The first-order chi connectivity index (χ1) is 48.3. The molecule has 0 atom stereocenters. The number of esters is 1. The molecule has 3 N–H and O–H groups in total. The molecule has 0 spiro atoms. The maximum Gasteiger partial charge on any atom is 0.339 e. The molecule has 1 fully saturated rings. The number of aromatic amines is 2. The number of nitrogens with zero attached hydrogens (tertiary/aromatic N) is 12. The lowest BCUT2D eigenvalue weighted by Gasteiger charge is -2.15. The number of aryl methyl sites for hydroxylation is 3. The number of carbonyl (C=O) groups excluding carboxylic acids is 2. The number of para-hydroxylation sites is 1. The normalized spacial score (nSPS) is 12.6. The van der Waals surface area contributed by atoms with Gasteiger partial charge in [-0.2, -0.15) is 10.2 Å². The Morgan fingerprint density at radius 1 is 0.495 bits per heavy atom. The van der Waals surface area contributed by atoms with Crippen LogP contribution in [0.5, 0.6) is 5.75 Å². The van der Waals surface area contributed by atoms with Crippen LogP contribution in [0.1, 0.15) is 101 Å². The van der Waals surface area contributed by atoms with Crippen molar-refractivity contribution in [3.8, 4) is 61.6 Å². The van der Waals surface area contributed by atoms with Crippen LogP contribution in [-0.2, 0) is 17.8 Å². The Morgan fingerprint density at radius 3 is 1.48 bits per heavy atom. The van der Waals surface area contributed by atoms with Crippen molar-refractivity contribution in [3.63, 3.8) is 0 Å². The number of benzene rings is 4. The van der Waals surface area contributed by atoms with Crippen molar-refractivity contribution in [3.05, 3.63) is 273 Å². The van der Waals surface area contributed by atoms with Gasteiger partial charge in [0.05, 0.1) is 77.7 Å². The Bertz CT molecular complexity index is 5290. The summed E-state index contributed by atoms with van der Waals surface area (Å²) in [5, 5.41) is 25.7. The summed E-state index contributed by atoms with van der Waals surface area (Å²) in [6, 6.07) is 45.8. The Kier molecular flexibility index (Phi) is 19.5. The molecule has 3 aliphatic heterocycles. The molecule has 0 aliphatic carbocycles. The lowest BCUT2D eigenvalue weighted by Crippen LogP contribution is -2.27. The molecule has 4 aromatic carbocycles. The minimum Gasteiger partial charge on any atom is -0.496 e. The first-order valence-electron chi connectivity index (χ1n) is 32.1. The first-order valence-corrected chi connectivity index (χ1v) is 32.9. The minimum absolute atomic E-state index is 0.0360. The van der Waals surface area contributed by atoms with Gasteiger partial charge in [-0.15, -0.1) is 0 Å². The van der Waals surface area contributed by atoms with E-state index < -0.39 is 5.97 Å². The van der Waals surface area contributed by atoms with Gasteiger partial charge in [-0.1, -0.05) is 84.9 Å². The molecule has 13 aromatic rings. The predicted octanol–water partition coefficient (Wildman–Crippen LogP) is 15.1. The van der Waals surface area contributed by atoms with Gasteiger partial charge >= 0.3 is 11.9 Å². The van der Waals surface area contributed by atoms with E-state index >= 15 is 0 Å². The molecular formula is C78H65BrN14O6. The molecule has 0 radical (unpaired) electrons. The summed E-state index contributed by atoms with van der Waals surface area (Å²) >= 11 is 3.47. The van der Waals surface area contributed by atoms with Gasteiger partial charge in [-0.3, -0.25) is 49.9 Å². The average Bonchev–Trinajstić information content (AvgIpc) is 1.69. The second-order valence-corrected chi connectivity index (χ2v) is 24.6. The zero-order valence-electron chi connectivity index (χ0n) is 54.7. The van der Waals surface area contributed by atoms with Crippen LogP contribution < -0.4 is 4.74 Å². The van der Waals surface area contributed by atoms with Crippen LogP contribution in [0.25, 0.3) is 78.0 Å². The number of aliphatic imine (C=N–C) groups is 2. The van der Waals surface area contributed by atoms with Crippen LogP contribution in [0.2, 0.25) is 0 Å². The Morgan fingerprint density at radius 2 is 0.939 bits per heavy atom. The number of likely N-dealkylation sites (tertiary alicyclic amines) is 1. The number of nitrogens with one attached hydrogen (secondary N) is 2. The van der Waals surface area contributed by atoms with E-state index in [1.807, 2.05) is 103 Å². The summed E-state index contributed by atoms with van der Waals surface area (Å²) in [5.41, 5.74) is 23.2. The maximum atomic E-state index is 12.8. The first kappa shape index (κ1) is 65.6. The Hall–Kier alpha value is -12.1. The van der Waals surface area contributed by atoms with Crippen molar-refractivity contribution in [2.75, 3.05) is 26.8 Å². The second-order valence-electron chi connectivity index (χ2n) is 23.6. The van der Waals surface area contributed by atoms with Gasteiger partial charge in [0.25, 0.3) is 5.91 Å². The summed E-state index contributed by atoms with van der Waals surface area (Å²) in [5.74, 6) is -0.585. The van der Waals surface area contributed by atoms with Crippen molar-refractivity contribution in [1.29, 1.82) is 0 Å². The summed E-state index contributed by atoms with van der Waals surface area (Å²) in [6.45, 7) is 11.3. The Balaban J connectivity index is 0.000000120. The number of carboxylic acid groups (broad SMARTS) is 1. The van der Waals surface area contributed by atoms with Crippen LogP contribution in [0.4, 0.5) is 0 Å². The fourth-order valence-electron chi connectivity index (χ4n) is 12.1. The quantitative estimate of drug-likeness (QED) is 0.0960. The second kappa shape index (κ2) is 29.5. The maximum absolute atomic E-state index is 12.8. The van der Waals surface area contributed by atoms with Gasteiger partial charge in [0.15, 0.2) is 11.3 Å². The predicted molar refractivity (Wildman–Crippen MR) is 385 cm³/mol. The highest BCUT2D eigenvalue weighted by Gasteiger charge is 2.25. The fraction of sp³-hybridized carbons (Fsp3) is 0.154. The molecule has 99 heavy (non-hydrogen) atoms. The number of carboxylic acids is 1. The lowest BCUT2D eigenvalue weighted by molar-refractivity contribution is 0.0525. The fourth-order valence-corrected chi connectivity index (χ4v) is 12.4. The third kappa shape index (κ3) is 14.3. The number of H-pyrrole nitrogens is 2. The number of amides is 1. The van der Waals surface area contributed by atoms with Gasteiger partial charge in [0, 0.05) is 157 Å². The van der Waals surface area contributed by atoms with Crippen LogP contribution in [0.3, 0.4) is 0 Å². The molecule has 3 aliphatic rings. The summed E-state index contributed by atoms with van der Waals surface area (Å²) in [7, 11) is 1.65. The molecule has 0 bridgehead atoms. The summed E-state index contributed by atoms with van der Waals surface area (Å²) in [4.78, 5) is 77.5. The smallest absolute Gasteiger partial charge is 0.339 e. The van der Waals surface area contributed by atoms with Crippen molar-refractivity contribution in [2.45, 2.75) is 53.6 Å². The van der Waals surface area contributed by atoms with Gasteiger partial charge in [0.2, 0.25) is 0 Å². The van der Waals surface area contributed by atoms with Gasteiger partial charge in [-0.25, -0.2) is 19.6 Å². The van der Waals surface area contributed by atoms with E-state index in [-0.39, 0.29) is 17.4 Å². The van der Waals surface area contributed by atoms with Gasteiger partial charge in [0.1, 0.15) is 5.75 Å². The van der Waals surface area contributed by atoms with E-state index in [4.69, 9.17) is 19.6 Å². The summed E-state index contributed by atoms with van der Waals surface area (Å²) < 4.78 is 11.6. The number of pyridine rings is 7. The summed E-state index contributed by atoms with van der Waals surface area (Å²) in [6.07, 6.45) is 18.8. The number of halogens is 1. The number of fused-ring (bicyclic) bond motifs is 4. The molecule has 1 saturated heterocycles. The molecule has 20 nitrogen and oxygen atoms in total. The van der Waals surface area contributed by atoms with E-state index in [0.29, 0.717) is 47.7 Å². The van der Waals surface area contributed by atoms with Crippen LogP contribution in [0, 0.1) is 20.8 Å². The standard InChI is InChI=1S/C23H21N5O2.C22H19N3O2.C19H14N4O2.C14H11BrN2/c1-30-20-7-3-2-6-18(20)21-19-11-16(14-25-22(19)27-26-21)15-10-17(13-24-12-15)23(29)28-8-4-5-9-28;1-3-27-22(26)17-8-15(10-23-11-17)16-9-19-20(24-12-16)13-25-21(19)18-7-5-4-6-14(18)2;1-11-4-2-3-5-15(11)17-16-7-13(10-21-18(16)23-22-17)12-6-14(19(24)25)9-20-8-12;1-9-4-2-3-5-11(9)14-12-6-10(15)7-16-13(12)8-17-14/h2-3,6-7,10-14H,4-5,8-9H2,1H3,(H,25,26,27);4-12H,3,13H2,1-2H3;2-10H,1H3,(H,24,25)(H,21,22,23);2-7H,8H2,1H3. The van der Waals surface area contributed by atoms with E-state index in [1.54, 1.807) is 69.5 Å². The number of carbonyl (C=O) groups is 3. The monoisotopic (exact) mass is 1370 g/mol. The van der Waals surface area contributed by atoms with E-state index in [0.717, 1.165) is 142 Å². The third-order valence-electron chi connectivity index (χ3n) is 17.2. The zero-order valence-corrected chi connectivity index (χ0v) is 56.3. The highest BCUT2D eigenvalue weighted by molar-refractivity contribution is 9.10. The average molecular weight is 1370 g/mol. The number of hydrogen-bond donors (Lipinski definition) is 3. The number of aromatic nitrogens is 11. The molecule has 12 heterocycles. The molecule has 490 valence electrons. The van der Waals surface area contributed by atoms with Crippen molar-refractivity contribution in [1.82, 2.24) is 60.2 Å². The number of methoxy groups -OCH3 is 1. The molecule has 0 unspecified atom stereocenters. The SMILES string of the molecule is CCOC(=O)c1cncc(-c2cnc3c(c2)C(c2ccccc2C)=NC3)c1.COc1ccccc1-c1[nH]nc2ncc(-c3cncc(C(=O)N4CCCC4)c3)cc12.Cc1ccccc1-c1[nH]nc2ncc(-c3cncc(C(=O)O)c3)cc12.Cc1ccccc1C1=NCc2ncc(Br)cc21. The molecular weight excluding hydrogens is 1310 g/mol. The highest BCUT2D eigenvalue weighted by Crippen LogP contribution is 2.36. The number of hydrogen-bond acceptors (Lipinski definition) is 16. The van der Waals surface area contributed by atoms with Crippen LogP contribution in [0.15, 0.2) is 216 Å². The number of ether oxygens (including phenoxy) is 2. The minimum atomic E-state index is -1.01. The molecule has 0 saturated carbocycles. The number of aromatic carboxylic acids is 1. The molecule has 16 rings (SSSR count). The lowest BCUT2D eigenvalue weighted by atomic mass is 9.96. The zero-order chi connectivity index (χ0) is 68.5. The highest BCUT2D eigenvalue weighted by atomic mass is 79.9. The van der Waals surface area contributed by atoms with E-state index in [1.165, 1.54) is 29.1 Å². The largest absolute Gasteiger partial charge is 0.496 e.